The molecule has 1 atom stereocenters. The van der Waals surface area contributed by atoms with E-state index in [9.17, 15) is 9.59 Å². The van der Waals surface area contributed by atoms with Gasteiger partial charge in [-0.25, -0.2) is 0 Å². The first-order chi connectivity index (χ1) is 17.8. The highest BCUT2D eigenvalue weighted by Gasteiger charge is 2.27. The zero-order valence-corrected chi connectivity index (χ0v) is 22.8. The van der Waals surface area contributed by atoms with Gasteiger partial charge in [-0.2, -0.15) is 0 Å². The number of benzene rings is 2. The summed E-state index contributed by atoms with van der Waals surface area (Å²) in [5.74, 6) is 1.16. The Morgan fingerprint density at radius 3 is 2.22 bits per heavy atom. The normalized spacial score (nSPS) is 11.8. The number of methoxy groups -OCH3 is 2. The van der Waals surface area contributed by atoms with Gasteiger partial charge in [0, 0.05) is 36.1 Å². The molecular formula is C30H39N3O4. The van der Waals surface area contributed by atoms with Gasteiger partial charge in [0.1, 0.15) is 18.0 Å². The fraction of sp³-hybridized carbons (Fsp3) is 0.400. The van der Waals surface area contributed by atoms with Crippen LogP contribution in [0.25, 0.3) is 0 Å². The maximum absolute atomic E-state index is 13.7. The molecule has 2 aromatic carbocycles. The minimum Gasteiger partial charge on any atom is -0.497 e. The van der Waals surface area contributed by atoms with E-state index in [1.807, 2.05) is 55.3 Å². The lowest BCUT2D eigenvalue weighted by atomic mass is 10.1. The van der Waals surface area contributed by atoms with Crippen molar-refractivity contribution in [2.24, 2.45) is 0 Å². The van der Waals surface area contributed by atoms with E-state index in [0.717, 1.165) is 23.4 Å². The summed E-state index contributed by atoms with van der Waals surface area (Å²) in [4.78, 5) is 30.5. The Balaban J connectivity index is 1.80. The number of carbonyl (C=O) groups is 2. The Morgan fingerprint density at radius 2 is 1.57 bits per heavy atom. The van der Waals surface area contributed by atoms with Crippen LogP contribution in [-0.4, -0.2) is 59.0 Å². The van der Waals surface area contributed by atoms with Crippen molar-refractivity contribution in [3.05, 3.63) is 83.7 Å². The van der Waals surface area contributed by atoms with Gasteiger partial charge in [0.15, 0.2) is 0 Å². The summed E-state index contributed by atoms with van der Waals surface area (Å²) in [6.45, 7) is 9.13. The average Bonchev–Trinajstić information content (AvgIpc) is 3.35. The Labute approximate surface area is 220 Å². The van der Waals surface area contributed by atoms with Crippen LogP contribution in [0.2, 0.25) is 0 Å². The van der Waals surface area contributed by atoms with Crippen molar-refractivity contribution in [2.45, 2.75) is 59.3 Å². The van der Waals surface area contributed by atoms with Crippen molar-refractivity contribution in [1.82, 2.24) is 14.4 Å². The van der Waals surface area contributed by atoms with Gasteiger partial charge in [-0.3, -0.25) is 9.59 Å². The Kier molecular flexibility index (Phi) is 9.78. The summed E-state index contributed by atoms with van der Waals surface area (Å²) in [6.07, 6.45) is 2.84. The van der Waals surface area contributed by atoms with Crippen molar-refractivity contribution in [3.63, 3.8) is 0 Å². The molecule has 0 saturated heterocycles. The molecule has 1 heterocycles. The maximum Gasteiger partial charge on any atom is 0.254 e. The maximum atomic E-state index is 13.7. The Morgan fingerprint density at radius 1 is 0.892 bits per heavy atom. The second-order valence-electron chi connectivity index (χ2n) is 9.52. The molecule has 198 valence electrons. The molecule has 37 heavy (non-hydrogen) atoms. The molecule has 1 unspecified atom stereocenters. The minimum absolute atomic E-state index is 0.00857. The molecule has 0 aliphatic rings. The number of hydrogen-bond donors (Lipinski definition) is 0. The number of rotatable bonds is 12. The van der Waals surface area contributed by atoms with Crippen LogP contribution in [0.5, 0.6) is 11.5 Å². The first kappa shape index (κ1) is 27.8. The molecule has 7 heteroatoms. The first-order valence-corrected chi connectivity index (χ1v) is 12.8. The fourth-order valence-electron chi connectivity index (χ4n) is 4.25. The van der Waals surface area contributed by atoms with Crippen LogP contribution in [0, 0.1) is 0 Å². The Hall–Kier alpha value is -3.74. The molecule has 0 radical (unpaired) electrons. The predicted octanol–water partition coefficient (Wildman–Crippen LogP) is 5.23. The molecule has 3 aromatic rings. The molecule has 0 N–H and O–H groups in total. The van der Waals surface area contributed by atoms with Gasteiger partial charge in [-0.05, 0) is 75.2 Å². The van der Waals surface area contributed by atoms with Gasteiger partial charge in [0.05, 0.1) is 20.8 Å². The molecule has 1 aromatic heterocycles. The number of amides is 2. The summed E-state index contributed by atoms with van der Waals surface area (Å²) in [7, 11) is 3.23. The van der Waals surface area contributed by atoms with Crippen LogP contribution in [0.4, 0.5) is 0 Å². The van der Waals surface area contributed by atoms with Crippen LogP contribution in [0.1, 0.15) is 55.7 Å². The second kappa shape index (κ2) is 13.0. The lowest BCUT2D eigenvalue weighted by molar-refractivity contribution is -0.135. The standard InChI is InChI=1S/C30H39N3O4/c1-7-23(4)33(20-26-13-10-16-31(26)19-24-11-8-14-27(17-24)36-5)29(34)21-32(22(2)3)30(35)25-12-9-15-28(18-25)37-6/h8-18,22-23H,7,19-21H2,1-6H3. The van der Waals surface area contributed by atoms with E-state index in [1.165, 1.54) is 0 Å². The fourth-order valence-corrected chi connectivity index (χ4v) is 4.25. The van der Waals surface area contributed by atoms with E-state index >= 15 is 0 Å². The van der Waals surface area contributed by atoms with Gasteiger partial charge < -0.3 is 23.8 Å². The van der Waals surface area contributed by atoms with E-state index in [4.69, 9.17) is 9.47 Å². The molecule has 0 saturated carbocycles. The summed E-state index contributed by atoms with van der Waals surface area (Å²) in [6, 6.07) is 19.0. The third kappa shape index (κ3) is 7.15. The quantitative estimate of drug-likeness (QED) is 0.338. The van der Waals surface area contributed by atoms with Gasteiger partial charge in [-0.15, -0.1) is 0 Å². The number of carbonyl (C=O) groups excluding carboxylic acids is 2. The van der Waals surface area contributed by atoms with E-state index in [-0.39, 0.29) is 30.4 Å². The lowest BCUT2D eigenvalue weighted by Crippen LogP contribution is -2.48. The number of aromatic nitrogens is 1. The summed E-state index contributed by atoms with van der Waals surface area (Å²) < 4.78 is 12.8. The van der Waals surface area contributed by atoms with Gasteiger partial charge >= 0.3 is 0 Å². The number of nitrogens with zero attached hydrogens (tertiary/aromatic N) is 3. The monoisotopic (exact) mass is 505 g/mol. The van der Waals surface area contributed by atoms with Gasteiger partial charge in [-0.1, -0.05) is 25.1 Å². The van der Waals surface area contributed by atoms with E-state index < -0.39 is 0 Å². The van der Waals surface area contributed by atoms with Crippen LogP contribution >= 0.6 is 0 Å². The van der Waals surface area contributed by atoms with Crippen LogP contribution in [0.3, 0.4) is 0 Å². The third-order valence-corrected chi connectivity index (χ3v) is 6.69. The highest BCUT2D eigenvalue weighted by molar-refractivity contribution is 5.97. The number of ether oxygens (including phenoxy) is 2. The summed E-state index contributed by atoms with van der Waals surface area (Å²) in [5, 5.41) is 0. The third-order valence-electron chi connectivity index (χ3n) is 6.69. The zero-order chi connectivity index (χ0) is 26.9. The average molecular weight is 506 g/mol. The molecule has 0 fully saturated rings. The molecular weight excluding hydrogens is 466 g/mol. The van der Waals surface area contributed by atoms with Crippen molar-refractivity contribution in [1.29, 1.82) is 0 Å². The minimum atomic E-state index is -0.187. The number of hydrogen-bond acceptors (Lipinski definition) is 4. The molecule has 0 spiro atoms. The molecule has 0 aliphatic heterocycles. The SMILES string of the molecule is CCC(C)N(Cc1cccn1Cc1cccc(OC)c1)C(=O)CN(C(=O)c1cccc(OC)c1)C(C)C. The highest BCUT2D eigenvalue weighted by atomic mass is 16.5. The first-order valence-electron chi connectivity index (χ1n) is 12.8. The van der Waals surface area contributed by atoms with Crippen molar-refractivity contribution >= 4 is 11.8 Å². The predicted molar refractivity (Wildman–Crippen MR) is 146 cm³/mol. The van der Waals surface area contributed by atoms with Crippen molar-refractivity contribution in [2.75, 3.05) is 20.8 Å². The van der Waals surface area contributed by atoms with Gasteiger partial charge in [0.2, 0.25) is 5.91 Å². The lowest BCUT2D eigenvalue weighted by Gasteiger charge is -2.33. The topological polar surface area (TPSA) is 64.0 Å². The zero-order valence-electron chi connectivity index (χ0n) is 22.8. The van der Waals surface area contributed by atoms with Crippen LogP contribution in [0.15, 0.2) is 66.9 Å². The molecule has 7 nitrogen and oxygen atoms in total. The molecule has 2 amide bonds. The summed E-state index contributed by atoms with van der Waals surface area (Å²) >= 11 is 0. The summed E-state index contributed by atoms with van der Waals surface area (Å²) in [5.41, 5.74) is 2.66. The van der Waals surface area contributed by atoms with Crippen molar-refractivity contribution in [3.8, 4) is 11.5 Å². The van der Waals surface area contributed by atoms with E-state index in [0.29, 0.717) is 24.4 Å². The molecule has 0 aliphatic carbocycles. The Bertz CT molecular complexity index is 1190. The highest BCUT2D eigenvalue weighted by Crippen LogP contribution is 2.19. The van der Waals surface area contributed by atoms with Crippen LogP contribution < -0.4 is 9.47 Å². The van der Waals surface area contributed by atoms with Crippen LogP contribution in [-0.2, 0) is 17.9 Å². The largest absolute Gasteiger partial charge is 0.497 e. The van der Waals surface area contributed by atoms with Crippen molar-refractivity contribution < 1.29 is 19.1 Å². The molecule has 0 bridgehead atoms. The molecule has 3 rings (SSSR count). The van der Waals surface area contributed by atoms with E-state index in [2.05, 4.69) is 24.5 Å². The second-order valence-corrected chi connectivity index (χ2v) is 9.52. The smallest absolute Gasteiger partial charge is 0.254 e. The van der Waals surface area contributed by atoms with Gasteiger partial charge in [0.25, 0.3) is 5.91 Å². The van der Waals surface area contributed by atoms with E-state index in [1.54, 1.807) is 43.4 Å².